The summed E-state index contributed by atoms with van der Waals surface area (Å²) in [5, 5.41) is 0. The molecule has 2 aromatic carbocycles. The number of aryl methyl sites for hydroxylation is 1. The molecule has 0 fully saturated rings. The maximum Gasteiger partial charge on any atom is 0.513 e. The van der Waals surface area contributed by atoms with Crippen molar-refractivity contribution in [3.63, 3.8) is 0 Å². The molecule has 0 atom stereocenters. The molecule has 0 bridgehead atoms. The second kappa shape index (κ2) is 10.5. The zero-order valence-electron chi connectivity index (χ0n) is 16.8. The molecule has 5 nitrogen and oxygen atoms in total. The largest absolute Gasteiger partial charge is 0.513 e. The standard InChI is InChI=1S/C23H28O5/c1-4-5-9-18-12-14-19(15-13-18)21(24)26-16-23(2,3)17-27-22(25)28-20-10-7-6-8-11-20/h6-8,10-15H,4-5,9,16-17H2,1-3H3. The lowest BCUT2D eigenvalue weighted by Gasteiger charge is -2.23. The Balaban J connectivity index is 1.76. The van der Waals surface area contributed by atoms with Gasteiger partial charge in [-0.3, -0.25) is 0 Å². The van der Waals surface area contributed by atoms with E-state index in [9.17, 15) is 9.59 Å². The fourth-order valence-electron chi connectivity index (χ4n) is 2.44. The van der Waals surface area contributed by atoms with Gasteiger partial charge in [-0.25, -0.2) is 9.59 Å². The average molecular weight is 384 g/mol. The maximum atomic E-state index is 12.2. The smallest absolute Gasteiger partial charge is 0.461 e. The lowest BCUT2D eigenvalue weighted by molar-refractivity contribution is 0.0107. The van der Waals surface area contributed by atoms with Crippen molar-refractivity contribution in [2.24, 2.45) is 5.41 Å². The van der Waals surface area contributed by atoms with Gasteiger partial charge in [0.2, 0.25) is 0 Å². The first-order chi connectivity index (χ1) is 13.4. The van der Waals surface area contributed by atoms with Crippen molar-refractivity contribution in [2.75, 3.05) is 13.2 Å². The van der Waals surface area contributed by atoms with Crippen LogP contribution in [0.2, 0.25) is 0 Å². The molecule has 2 aromatic rings. The molecule has 28 heavy (non-hydrogen) atoms. The number of hydrogen-bond donors (Lipinski definition) is 0. The van der Waals surface area contributed by atoms with Crippen molar-refractivity contribution in [1.29, 1.82) is 0 Å². The van der Waals surface area contributed by atoms with Gasteiger partial charge in [-0.1, -0.05) is 57.5 Å². The van der Waals surface area contributed by atoms with Crippen LogP contribution in [0.15, 0.2) is 54.6 Å². The van der Waals surface area contributed by atoms with Crippen LogP contribution >= 0.6 is 0 Å². The summed E-state index contributed by atoms with van der Waals surface area (Å²) in [6, 6.07) is 16.2. The molecule has 150 valence electrons. The fraction of sp³-hybridized carbons (Fsp3) is 0.391. The number of para-hydroxylation sites is 1. The lowest BCUT2D eigenvalue weighted by Crippen LogP contribution is -2.29. The van der Waals surface area contributed by atoms with Crippen molar-refractivity contribution in [2.45, 2.75) is 40.0 Å². The van der Waals surface area contributed by atoms with Gasteiger partial charge in [-0.15, -0.1) is 0 Å². The summed E-state index contributed by atoms with van der Waals surface area (Å²) in [4.78, 5) is 24.0. The molecular formula is C23H28O5. The first-order valence-corrected chi connectivity index (χ1v) is 9.55. The third-order valence-electron chi connectivity index (χ3n) is 4.13. The van der Waals surface area contributed by atoms with Crippen molar-refractivity contribution in [3.8, 4) is 5.75 Å². The average Bonchev–Trinajstić information content (AvgIpc) is 2.70. The summed E-state index contributed by atoms with van der Waals surface area (Å²) >= 11 is 0. The first kappa shape index (κ1) is 21.5. The van der Waals surface area contributed by atoms with Crippen molar-refractivity contribution >= 4 is 12.1 Å². The van der Waals surface area contributed by atoms with Gasteiger partial charge in [0.25, 0.3) is 0 Å². The van der Waals surface area contributed by atoms with Crippen LogP contribution in [0, 0.1) is 5.41 Å². The lowest BCUT2D eigenvalue weighted by atomic mass is 9.96. The summed E-state index contributed by atoms with van der Waals surface area (Å²) in [5.74, 6) is 0.0288. The highest BCUT2D eigenvalue weighted by Crippen LogP contribution is 2.18. The molecule has 0 aliphatic heterocycles. The van der Waals surface area contributed by atoms with E-state index >= 15 is 0 Å². The molecule has 0 aliphatic rings. The van der Waals surface area contributed by atoms with Crippen LogP contribution in [0.1, 0.15) is 49.5 Å². The molecular weight excluding hydrogens is 356 g/mol. The number of carbonyl (C=O) groups excluding carboxylic acids is 2. The molecule has 0 aromatic heterocycles. The molecule has 0 amide bonds. The Labute approximate surface area is 166 Å². The van der Waals surface area contributed by atoms with E-state index in [0.29, 0.717) is 11.3 Å². The monoisotopic (exact) mass is 384 g/mol. The Hall–Kier alpha value is -2.82. The van der Waals surface area contributed by atoms with Crippen LogP contribution in [0.3, 0.4) is 0 Å². The van der Waals surface area contributed by atoms with Crippen LogP contribution in [-0.2, 0) is 15.9 Å². The molecule has 2 rings (SSSR count). The maximum absolute atomic E-state index is 12.2. The Morgan fingerprint density at radius 2 is 1.54 bits per heavy atom. The summed E-state index contributed by atoms with van der Waals surface area (Å²) in [6.45, 7) is 6.05. The molecule has 0 saturated heterocycles. The van der Waals surface area contributed by atoms with Gasteiger partial charge < -0.3 is 14.2 Å². The molecule has 0 saturated carbocycles. The summed E-state index contributed by atoms with van der Waals surface area (Å²) in [5.41, 5.74) is 1.19. The van der Waals surface area contributed by atoms with Gasteiger partial charge >= 0.3 is 12.1 Å². The van der Waals surface area contributed by atoms with Gasteiger partial charge in [0.15, 0.2) is 0 Å². The quantitative estimate of drug-likeness (QED) is 0.426. The number of rotatable bonds is 9. The van der Waals surface area contributed by atoms with Crippen molar-refractivity contribution in [1.82, 2.24) is 0 Å². The summed E-state index contributed by atoms with van der Waals surface area (Å²) < 4.78 is 15.6. The van der Waals surface area contributed by atoms with Gasteiger partial charge in [-0.05, 0) is 42.7 Å². The van der Waals surface area contributed by atoms with Gasteiger partial charge in [-0.2, -0.15) is 0 Å². The molecule has 5 heteroatoms. The third-order valence-corrected chi connectivity index (χ3v) is 4.13. The highest BCUT2D eigenvalue weighted by molar-refractivity contribution is 5.89. The molecule has 0 radical (unpaired) electrons. The molecule has 0 N–H and O–H groups in total. The predicted octanol–water partition coefficient (Wildman–Crippen LogP) is 5.43. The van der Waals surface area contributed by atoms with E-state index in [2.05, 4.69) is 6.92 Å². The van der Waals surface area contributed by atoms with E-state index in [0.717, 1.165) is 19.3 Å². The topological polar surface area (TPSA) is 61.8 Å². The number of esters is 1. The first-order valence-electron chi connectivity index (χ1n) is 9.55. The Kier molecular flexibility index (Phi) is 8.05. The molecule has 0 unspecified atom stereocenters. The van der Waals surface area contributed by atoms with E-state index in [1.165, 1.54) is 5.56 Å². The number of unbranched alkanes of at least 4 members (excludes halogenated alkanes) is 1. The van der Waals surface area contributed by atoms with Crippen LogP contribution in [0.5, 0.6) is 5.75 Å². The fourth-order valence-corrected chi connectivity index (χ4v) is 2.44. The third kappa shape index (κ3) is 7.43. The van der Waals surface area contributed by atoms with E-state index in [1.54, 1.807) is 36.4 Å². The highest BCUT2D eigenvalue weighted by Gasteiger charge is 2.24. The van der Waals surface area contributed by atoms with Crippen LogP contribution in [0.4, 0.5) is 4.79 Å². The minimum absolute atomic E-state index is 0.0713. The Morgan fingerprint density at radius 1 is 0.893 bits per heavy atom. The van der Waals surface area contributed by atoms with E-state index < -0.39 is 11.6 Å². The summed E-state index contributed by atoms with van der Waals surface area (Å²) in [7, 11) is 0. The van der Waals surface area contributed by atoms with Gasteiger partial charge in [0.1, 0.15) is 12.4 Å². The van der Waals surface area contributed by atoms with Crippen LogP contribution < -0.4 is 4.74 Å². The van der Waals surface area contributed by atoms with Gasteiger partial charge in [0.05, 0.1) is 12.2 Å². The predicted molar refractivity (Wildman–Crippen MR) is 108 cm³/mol. The molecule has 0 heterocycles. The van der Waals surface area contributed by atoms with E-state index in [1.807, 2.05) is 32.0 Å². The van der Waals surface area contributed by atoms with Crippen molar-refractivity contribution in [3.05, 3.63) is 65.7 Å². The number of benzene rings is 2. The normalized spacial score (nSPS) is 11.0. The minimum atomic E-state index is -0.784. The van der Waals surface area contributed by atoms with E-state index in [-0.39, 0.29) is 19.2 Å². The van der Waals surface area contributed by atoms with E-state index in [4.69, 9.17) is 14.2 Å². The molecule has 0 aliphatic carbocycles. The van der Waals surface area contributed by atoms with Gasteiger partial charge in [0, 0.05) is 5.41 Å². The van der Waals surface area contributed by atoms with Crippen LogP contribution in [-0.4, -0.2) is 25.3 Å². The summed E-state index contributed by atoms with van der Waals surface area (Å²) in [6.07, 6.45) is 2.49. The Bertz CT molecular complexity index is 750. The van der Waals surface area contributed by atoms with Crippen LogP contribution in [0.25, 0.3) is 0 Å². The second-order valence-electron chi connectivity index (χ2n) is 7.49. The highest BCUT2D eigenvalue weighted by atomic mass is 16.7. The minimum Gasteiger partial charge on any atom is -0.461 e. The second-order valence-corrected chi connectivity index (χ2v) is 7.49. The number of ether oxygens (including phenoxy) is 3. The number of carbonyl (C=O) groups is 2. The zero-order valence-corrected chi connectivity index (χ0v) is 16.8. The molecule has 0 spiro atoms. The number of hydrogen-bond acceptors (Lipinski definition) is 5. The van der Waals surface area contributed by atoms with Crippen molar-refractivity contribution < 1.29 is 23.8 Å². The zero-order chi connectivity index (χ0) is 20.4. The Morgan fingerprint density at radius 3 is 2.18 bits per heavy atom. The SMILES string of the molecule is CCCCc1ccc(C(=O)OCC(C)(C)COC(=O)Oc2ccccc2)cc1.